The molecule has 3 rings (SSSR count). The second kappa shape index (κ2) is 7.15. The minimum Gasteiger partial charge on any atom is -0.462 e. The monoisotopic (exact) mass is 374 g/mol. The third-order valence-electron chi connectivity index (χ3n) is 4.59. The lowest BCUT2D eigenvalue weighted by molar-refractivity contribution is -0.124. The largest absolute Gasteiger partial charge is 0.462 e. The summed E-state index contributed by atoms with van der Waals surface area (Å²) in [4.78, 5) is 45.0. The van der Waals surface area contributed by atoms with Crippen molar-refractivity contribution in [3.63, 3.8) is 0 Å². The third kappa shape index (κ3) is 3.00. The molecule has 1 aliphatic carbocycles. The van der Waals surface area contributed by atoms with Crippen LogP contribution in [0.25, 0.3) is 10.2 Å². The molecule has 7 heteroatoms. The van der Waals surface area contributed by atoms with Crippen LogP contribution in [0.2, 0.25) is 0 Å². The number of aryl methyl sites for hydroxylation is 3. The van der Waals surface area contributed by atoms with Crippen LogP contribution >= 0.6 is 11.3 Å². The van der Waals surface area contributed by atoms with E-state index in [1.165, 1.54) is 18.7 Å². The fraction of sp³-hybridized carbons (Fsp3) is 0.474. The van der Waals surface area contributed by atoms with Crippen LogP contribution in [-0.4, -0.2) is 29.4 Å². The molecule has 0 unspecified atom stereocenters. The Bertz CT molecular complexity index is 902. The molecule has 1 aliphatic rings. The van der Waals surface area contributed by atoms with Gasteiger partial charge in [0.2, 0.25) is 11.8 Å². The smallest absolute Gasteiger partial charge is 0.342 e. The van der Waals surface area contributed by atoms with Crippen molar-refractivity contribution >= 4 is 45.0 Å². The van der Waals surface area contributed by atoms with Crippen LogP contribution in [0.3, 0.4) is 0 Å². The lowest BCUT2D eigenvalue weighted by Gasteiger charge is -2.23. The second-order valence-electron chi connectivity index (χ2n) is 6.41. The molecule has 0 aromatic carbocycles. The Hall–Kier alpha value is -2.28. The average molecular weight is 374 g/mol. The van der Waals surface area contributed by atoms with E-state index in [0.29, 0.717) is 11.4 Å². The van der Waals surface area contributed by atoms with Gasteiger partial charge in [0.25, 0.3) is 0 Å². The first-order valence-electron chi connectivity index (χ1n) is 8.80. The Morgan fingerprint density at radius 2 is 1.81 bits per heavy atom. The molecule has 0 saturated heterocycles. The summed E-state index contributed by atoms with van der Waals surface area (Å²) in [5.41, 5.74) is 2.12. The van der Waals surface area contributed by atoms with Crippen LogP contribution in [-0.2, 0) is 27.2 Å². The van der Waals surface area contributed by atoms with E-state index < -0.39 is 17.8 Å². The van der Waals surface area contributed by atoms with Gasteiger partial charge in [-0.25, -0.2) is 14.7 Å². The Morgan fingerprint density at radius 1 is 1.15 bits per heavy atom. The number of amides is 2. The quantitative estimate of drug-likeness (QED) is 0.768. The van der Waals surface area contributed by atoms with Crippen molar-refractivity contribution in [3.8, 4) is 0 Å². The number of aromatic nitrogens is 1. The molecule has 2 aromatic heterocycles. The Kier molecular flexibility index (Phi) is 5.09. The van der Waals surface area contributed by atoms with Crippen molar-refractivity contribution in [2.45, 2.75) is 53.4 Å². The van der Waals surface area contributed by atoms with Gasteiger partial charge in [-0.3, -0.25) is 9.59 Å². The summed E-state index contributed by atoms with van der Waals surface area (Å²) in [5, 5.41) is 0.753. The number of carbonyl (C=O) groups is 3. The second-order valence-corrected chi connectivity index (χ2v) is 7.49. The van der Waals surface area contributed by atoms with Crippen LogP contribution in [0.5, 0.6) is 0 Å². The number of pyridine rings is 1. The van der Waals surface area contributed by atoms with Gasteiger partial charge in [0.05, 0.1) is 18.0 Å². The molecule has 0 bridgehead atoms. The fourth-order valence-electron chi connectivity index (χ4n) is 3.59. The maximum absolute atomic E-state index is 12.7. The van der Waals surface area contributed by atoms with Crippen LogP contribution in [0, 0.1) is 6.92 Å². The van der Waals surface area contributed by atoms with Gasteiger partial charge in [-0.1, -0.05) is 0 Å². The van der Waals surface area contributed by atoms with E-state index in [2.05, 4.69) is 4.98 Å². The SMILES string of the molecule is CCOC(=O)c1c(C)nc2sc3c(c2c1N(C(C)=O)C(C)=O)CCCC3. The van der Waals surface area contributed by atoms with Crippen molar-refractivity contribution in [1.29, 1.82) is 0 Å². The number of hydrogen-bond donors (Lipinski definition) is 0. The molecular weight excluding hydrogens is 352 g/mol. The van der Waals surface area contributed by atoms with Crippen LogP contribution in [0.4, 0.5) is 5.69 Å². The minimum absolute atomic E-state index is 0.205. The number of imide groups is 1. The predicted molar refractivity (Wildman–Crippen MR) is 101 cm³/mol. The molecule has 0 radical (unpaired) electrons. The molecule has 2 aromatic rings. The standard InChI is InChI=1S/C19H22N2O4S/c1-5-25-19(24)15-10(2)20-18-16(13-8-6-7-9-14(13)26-18)17(15)21(11(3)22)12(4)23/h5-9H2,1-4H3. The molecule has 0 N–H and O–H groups in total. The van der Waals surface area contributed by atoms with Crippen molar-refractivity contribution in [3.05, 3.63) is 21.7 Å². The van der Waals surface area contributed by atoms with Crippen molar-refractivity contribution in [2.24, 2.45) is 0 Å². The number of anilines is 1. The summed E-state index contributed by atoms with van der Waals surface area (Å²) >= 11 is 1.59. The van der Waals surface area contributed by atoms with E-state index in [1.807, 2.05) is 0 Å². The Labute approximate surface area is 156 Å². The summed E-state index contributed by atoms with van der Waals surface area (Å²) < 4.78 is 5.20. The van der Waals surface area contributed by atoms with E-state index in [4.69, 9.17) is 4.74 Å². The van der Waals surface area contributed by atoms with E-state index >= 15 is 0 Å². The highest BCUT2D eigenvalue weighted by Crippen LogP contribution is 2.43. The topological polar surface area (TPSA) is 76.6 Å². The molecule has 0 fully saturated rings. The van der Waals surface area contributed by atoms with Gasteiger partial charge in [0.15, 0.2) is 0 Å². The van der Waals surface area contributed by atoms with Crippen molar-refractivity contribution in [2.75, 3.05) is 11.5 Å². The van der Waals surface area contributed by atoms with E-state index in [-0.39, 0.29) is 12.2 Å². The summed E-state index contributed by atoms with van der Waals surface area (Å²) in [7, 11) is 0. The van der Waals surface area contributed by atoms with E-state index in [0.717, 1.165) is 46.4 Å². The highest BCUT2D eigenvalue weighted by atomic mass is 32.1. The van der Waals surface area contributed by atoms with Gasteiger partial charge < -0.3 is 4.74 Å². The number of esters is 1. The van der Waals surface area contributed by atoms with Gasteiger partial charge in [0, 0.05) is 24.1 Å². The zero-order valence-corrected chi connectivity index (χ0v) is 16.3. The third-order valence-corrected chi connectivity index (χ3v) is 5.78. The minimum atomic E-state index is -0.558. The zero-order valence-electron chi connectivity index (χ0n) is 15.5. The van der Waals surface area contributed by atoms with Gasteiger partial charge in [0.1, 0.15) is 10.4 Å². The van der Waals surface area contributed by atoms with Gasteiger partial charge >= 0.3 is 5.97 Å². The molecule has 0 spiro atoms. The first-order valence-corrected chi connectivity index (χ1v) is 9.61. The van der Waals surface area contributed by atoms with Gasteiger partial charge in [-0.05, 0) is 45.1 Å². The van der Waals surface area contributed by atoms with Crippen molar-refractivity contribution in [1.82, 2.24) is 4.98 Å². The molecule has 0 aliphatic heterocycles. The number of fused-ring (bicyclic) bond motifs is 3. The average Bonchev–Trinajstić information content (AvgIpc) is 2.91. The normalized spacial score (nSPS) is 13.4. The molecule has 26 heavy (non-hydrogen) atoms. The van der Waals surface area contributed by atoms with Crippen LogP contribution in [0.15, 0.2) is 0 Å². The zero-order chi connectivity index (χ0) is 19.0. The summed E-state index contributed by atoms with van der Waals surface area (Å²) in [6.45, 7) is 6.30. The number of nitrogens with zero attached hydrogens (tertiary/aromatic N) is 2. The molecule has 138 valence electrons. The summed E-state index contributed by atoms with van der Waals surface area (Å²) in [6.07, 6.45) is 3.98. The molecule has 0 atom stereocenters. The Morgan fingerprint density at radius 3 is 2.42 bits per heavy atom. The predicted octanol–water partition coefficient (Wildman–Crippen LogP) is 3.56. The van der Waals surface area contributed by atoms with Gasteiger partial charge in [-0.15, -0.1) is 11.3 Å². The summed E-state index contributed by atoms with van der Waals surface area (Å²) in [6, 6.07) is 0. The lowest BCUT2D eigenvalue weighted by atomic mass is 9.94. The molecule has 2 amide bonds. The van der Waals surface area contributed by atoms with E-state index in [1.54, 1.807) is 25.2 Å². The maximum atomic E-state index is 12.7. The summed E-state index contributed by atoms with van der Waals surface area (Å²) in [5.74, 6) is -1.41. The lowest BCUT2D eigenvalue weighted by Crippen LogP contribution is -2.35. The van der Waals surface area contributed by atoms with Crippen LogP contribution in [0.1, 0.15) is 60.1 Å². The highest BCUT2D eigenvalue weighted by Gasteiger charge is 2.32. The molecule has 6 nitrogen and oxygen atoms in total. The number of ether oxygens (including phenoxy) is 1. The number of carbonyl (C=O) groups excluding carboxylic acids is 3. The van der Waals surface area contributed by atoms with Crippen LogP contribution < -0.4 is 4.90 Å². The van der Waals surface area contributed by atoms with Crippen molar-refractivity contribution < 1.29 is 19.1 Å². The molecular formula is C19H22N2O4S. The molecule has 2 heterocycles. The number of rotatable bonds is 3. The first kappa shape index (κ1) is 18.5. The fourth-order valence-corrected chi connectivity index (χ4v) is 4.90. The first-order chi connectivity index (χ1) is 12.4. The van der Waals surface area contributed by atoms with Gasteiger partial charge in [-0.2, -0.15) is 0 Å². The highest BCUT2D eigenvalue weighted by molar-refractivity contribution is 7.19. The number of hydrogen-bond acceptors (Lipinski definition) is 6. The Balaban J connectivity index is 2.43. The number of thiophene rings is 1. The van der Waals surface area contributed by atoms with E-state index in [9.17, 15) is 14.4 Å². The molecule has 0 saturated carbocycles. The maximum Gasteiger partial charge on any atom is 0.342 e.